The molecule has 4 atom stereocenters. The molecular formula is C28H32F4N4O7. The molecule has 1 aromatic rings. The van der Waals surface area contributed by atoms with E-state index in [4.69, 9.17) is 14.3 Å². The molecule has 0 radical (unpaired) electrons. The molecule has 1 aromatic carbocycles. The van der Waals surface area contributed by atoms with Crippen LogP contribution in [-0.4, -0.2) is 83.9 Å². The van der Waals surface area contributed by atoms with Crippen molar-refractivity contribution >= 4 is 29.4 Å². The van der Waals surface area contributed by atoms with Crippen LogP contribution in [0.15, 0.2) is 23.4 Å². The lowest BCUT2D eigenvalue weighted by atomic mass is 9.91. The first kappa shape index (κ1) is 30.7. The Balaban J connectivity index is 1.35. The van der Waals surface area contributed by atoms with E-state index >= 15 is 0 Å². The molecule has 3 heterocycles. The van der Waals surface area contributed by atoms with E-state index in [0.29, 0.717) is 25.5 Å². The van der Waals surface area contributed by atoms with Crippen molar-refractivity contribution in [3.8, 4) is 0 Å². The Hall–Kier alpha value is -3.75. The molecule has 1 aliphatic carbocycles. The average Bonchev–Trinajstić information content (AvgIpc) is 3.32. The van der Waals surface area contributed by atoms with Gasteiger partial charge in [-0.25, -0.2) is 9.18 Å². The van der Waals surface area contributed by atoms with E-state index in [1.165, 1.54) is 0 Å². The van der Waals surface area contributed by atoms with Gasteiger partial charge in [-0.05, 0) is 37.5 Å². The van der Waals surface area contributed by atoms with Gasteiger partial charge in [-0.15, -0.1) is 0 Å². The first-order chi connectivity index (χ1) is 20.4. The second-order valence-electron chi connectivity index (χ2n) is 11.4. The molecule has 43 heavy (non-hydrogen) atoms. The second kappa shape index (κ2) is 12.1. The quantitative estimate of drug-likeness (QED) is 0.324. The molecule has 4 aliphatic rings. The highest BCUT2D eigenvalue weighted by Crippen LogP contribution is 2.40. The van der Waals surface area contributed by atoms with Gasteiger partial charge >= 0.3 is 12.3 Å². The van der Waals surface area contributed by atoms with E-state index in [9.17, 15) is 36.7 Å². The molecule has 1 saturated carbocycles. The van der Waals surface area contributed by atoms with Gasteiger partial charge in [0, 0.05) is 30.9 Å². The van der Waals surface area contributed by atoms with Gasteiger partial charge in [0.2, 0.25) is 11.7 Å². The molecule has 15 heteroatoms. The molecule has 3 amide bonds. The molecule has 3 fully saturated rings. The molecule has 11 nitrogen and oxygen atoms in total. The number of rotatable bonds is 9. The lowest BCUT2D eigenvalue weighted by molar-refractivity contribution is -0.140. The fourth-order valence-electron chi connectivity index (χ4n) is 5.45. The number of halogens is 4. The minimum Gasteiger partial charge on any atom is -0.444 e. The van der Waals surface area contributed by atoms with Crippen LogP contribution in [0.5, 0.6) is 0 Å². The molecule has 5 rings (SSSR count). The van der Waals surface area contributed by atoms with Gasteiger partial charge in [-0.2, -0.15) is 13.2 Å². The van der Waals surface area contributed by atoms with E-state index in [1.807, 2.05) is 0 Å². The van der Waals surface area contributed by atoms with Gasteiger partial charge in [-0.1, -0.05) is 18.5 Å². The summed E-state index contributed by atoms with van der Waals surface area (Å²) in [7, 11) is 0. The summed E-state index contributed by atoms with van der Waals surface area (Å²) in [5, 5.41) is 9.13. The summed E-state index contributed by atoms with van der Waals surface area (Å²) < 4.78 is 64.8. The molecule has 0 unspecified atom stereocenters. The number of nitrogens with zero attached hydrogens (tertiary/aromatic N) is 2. The third-order valence-electron chi connectivity index (χ3n) is 7.84. The van der Waals surface area contributed by atoms with Crippen molar-refractivity contribution in [1.82, 2.24) is 15.5 Å². The maximum Gasteiger partial charge on any atom is 0.416 e. The summed E-state index contributed by atoms with van der Waals surface area (Å²) in [6.07, 6.45) is -3.81. The Morgan fingerprint density at radius 1 is 1.19 bits per heavy atom. The van der Waals surface area contributed by atoms with E-state index < -0.39 is 65.0 Å². The van der Waals surface area contributed by atoms with Crippen LogP contribution in [0.4, 0.5) is 22.4 Å². The summed E-state index contributed by atoms with van der Waals surface area (Å²) in [6.45, 7) is 2.13. The number of alkyl halides is 3. The molecule has 0 aromatic heterocycles. The van der Waals surface area contributed by atoms with Gasteiger partial charge < -0.3 is 24.9 Å². The summed E-state index contributed by atoms with van der Waals surface area (Å²) in [6, 6.07) is -0.402. The molecule has 2 N–H and O–H groups in total. The summed E-state index contributed by atoms with van der Waals surface area (Å²) in [4.78, 5) is 58.9. The van der Waals surface area contributed by atoms with Gasteiger partial charge in [0.1, 0.15) is 18.0 Å². The maximum atomic E-state index is 14.1. The molecule has 2 saturated heterocycles. The lowest BCUT2D eigenvalue weighted by Crippen LogP contribution is -2.53. The fourth-order valence-corrected chi connectivity index (χ4v) is 5.45. The molecule has 0 bridgehead atoms. The number of hydrogen-bond acceptors (Lipinski definition) is 8. The van der Waals surface area contributed by atoms with Crippen molar-refractivity contribution in [3.05, 3.63) is 35.1 Å². The number of amides is 3. The summed E-state index contributed by atoms with van der Waals surface area (Å²) in [5.74, 6) is -3.45. The number of hydrogen-bond donors (Lipinski definition) is 2. The van der Waals surface area contributed by atoms with Crippen LogP contribution < -0.4 is 10.6 Å². The summed E-state index contributed by atoms with van der Waals surface area (Å²) in [5.41, 5.74) is -2.67. The Morgan fingerprint density at radius 2 is 1.95 bits per heavy atom. The van der Waals surface area contributed by atoms with Gasteiger partial charge in [-0.3, -0.25) is 19.3 Å². The first-order valence-corrected chi connectivity index (χ1v) is 14.2. The average molecular weight is 613 g/mol. The van der Waals surface area contributed by atoms with Crippen LogP contribution in [0, 0.1) is 5.82 Å². The zero-order valence-corrected chi connectivity index (χ0v) is 23.4. The number of benzene rings is 1. The summed E-state index contributed by atoms with van der Waals surface area (Å²) >= 11 is 0. The number of nitrogens with one attached hydrogen (secondary N) is 2. The number of ketones is 1. The minimum absolute atomic E-state index is 0.0133. The zero-order valence-electron chi connectivity index (χ0n) is 23.4. The van der Waals surface area contributed by atoms with Crippen LogP contribution >= 0.6 is 0 Å². The third kappa shape index (κ3) is 7.08. The van der Waals surface area contributed by atoms with Crippen molar-refractivity contribution in [2.24, 2.45) is 5.16 Å². The number of oxime groups is 1. The highest BCUT2D eigenvalue weighted by Gasteiger charge is 2.55. The van der Waals surface area contributed by atoms with Crippen LogP contribution in [0.25, 0.3) is 0 Å². The Labute approximate surface area is 244 Å². The normalized spacial score (nSPS) is 25.7. The minimum atomic E-state index is -4.79. The lowest BCUT2D eigenvalue weighted by Gasteiger charge is -2.26. The highest BCUT2D eigenvalue weighted by molar-refractivity contribution is 6.38. The standard InChI is InChI=1S/C28H32F4N4O7/c1-2-3-20(23(37)25(39)33-18-4-5-18)34-24(38)22-12-27(14-36(22)26(40)42-19-6-7-41-13-19)11-21(35-43-27)15-8-16(28(30,31)32)10-17(29)9-15/h8-10,18-20,22H,2-7,11-14H2,1H3,(H,33,39)(H,34,38)/t19-,20-,22-,27+/m0/s1. The predicted octanol–water partition coefficient (Wildman–Crippen LogP) is 2.84. The molecule has 234 valence electrons. The SMILES string of the molecule is CCC[C@H](NC(=O)[C@@H]1C[C@]2(CC(c3cc(F)cc(C(F)(F)F)c3)=NO2)CN1C(=O)O[C@H]1CCOC1)C(=O)C(=O)NC1CC1. The van der Waals surface area contributed by atoms with Crippen LogP contribution in [-0.2, 0) is 34.9 Å². The van der Waals surface area contributed by atoms with Crippen molar-refractivity contribution in [2.75, 3.05) is 19.8 Å². The van der Waals surface area contributed by atoms with Crippen LogP contribution in [0.3, 0.4) is 0 Å². The van der Waals surface area contributed by atoms with Crippen LogP contribution in [0.2, 0.25) is 0 Å². The third-order valence-corrected chi connectivity index (χ3v) is 7.84. The molecule has 1 spiro atoms. The first-order valence-electron chi connectivity index (χ1n) is 14.2. The largest absolute Gasteiger partial charge is 0.444 e. The van der Waals surface area contributed by atoms with Crippen LogP contribution in [0.1, 0.15) is 63.0 Å². The van der Waals surface area contributed by atoms with Crippen molar-refractivity contribution in [3.63, 3.8) is 0 Å². The van der Waals surface area contributed by atoms with Crippen molar-refractivity contribution in [2.45, 2.75) is 87.9 Å². The molecule has 3 aliphatic heterocycles. The zero-order chi connectivity index (χ0) is 30.9. The number of ether oxygens (including phenoxy) is 2. The topological polar surface area (TPSA) is 136 Å². The Bertz CT molecular complexity index is 1310. The number of carbonyl (C=O) groups excluding carboxylic acids is 4. The van der Waals surface area contributed by atoms with E-state index in [1.54, 1.807) is 6.92 Å². The maximum absolute atomic E-state index is 14.1. The highest BCUT2D eigenvalue weighted by atomic mass is 19.4. The van der Waals surface area contributed by atoms with Crippen molar-refractivity contribution < 1.29 is 51.1 Å². The number of likely N-dealkylation sites (tertiary alicyclic amines) is 1. The molecular weight excluding hydrogens is 580 g/mol. The number of Topliss-reactive ketones (excluding diaryl/α,β-unsaturated/α-hetero) is 1. The van der Waals surface area contributed by atoms with E-state index in [-0.39, 0.29) is 49.7 Å². The fraction of sp³-hybridized carbons (Fsp3) is 0.607. The predicted molar refractivity (Wildman–Crippen MR) is 140 cm³/mol. The number of carbonyl (C=O) groups is 4. The van der Waals surface area contributed by atoms with Crippen molar-refractivity contribution in [1.29, 1.82) is 0 Å². The monoisotopic (exact) mass is 612 g/mol. The van der Waals surface area contributed by atoms with Gasteiger partial charge in [0.25, 0.3) is 5.91 Å². The van der Waals surface area contributed by atoms with E-state index in [0.717, 1.165) is 29.9 Å². The smallest absolute Gasteiger partial charge is 0.416 e. The Morgan fingerprint density at radius 3 is 2.60 bits per heavy atom. The van der Waals surface area contributed by atoms with Gasteiger partial charge in [0.15, 0.2) is 5.60 Å². The Kier molecular flexibility index (Phi) is 8.63. The second-order valence-corrected chi connectivity index (χ2v) is 11.4. The van der Waals surface area contributed by atoms with Gasteiger partial charge in [0.05, 0.1) is 37.1 Å². The van der Waals surface area contributed by atoms with E-state index in [2.05, 4.69) is 15.8 Å².